The number of nitrogens with zero attached hydrogens (tertiary/aromatic N) is 3. The molecule has 5 rings (SSSR count). The van der Waals surface area contributed by atoms with Gasteiger partial charge >= 0.3 is 0 Å². The van der Waals surface area contributed by atoms with Crippen LogP contribution in [0.2, 0.25) is 0 Å². The molecule has 2 aliphatic heterocycles. The average Bonchev–Trinajstić information content (AvgIpc) is 3.17. The Morgan fingerprint density at radius 1 is 1.10 bits per heavy atom. The van der Waals surface area contributed by atoms with E-state index in [4.69, 9.17) is 0 Å². The molecule has 0 saturated carbocycles. The third-order valence-electron chi connectivity index (χ3n) is 5.34. The van der Waals surface area contributed by atoms with Crippen LogP contribution in [0.4, 0.5) is 0 Å². The molecule has 0 bridgehead atoms. The zero-order valence-electron chi connectivity index (χ0n) is 16.3. The molecule has 6 nitrogen and oxygen atoms in total. The molecule has 0 saturated heterocycles. The van der Waals surface area contributed by atoms with Gasteiger partial charge in [-0.25, -0.2) is 0 Å². The molecule has 1 amide bonds. The molecule has 0 spiro atoms. The lowest BCUT2D eigenvalue weighted by Crippen LogP contribution is -2.38. The second kappa shape index (κ2) is 7.83. The summed E-state index contributed by atoms with van der Waals surface area (Å²) in [6, 6.07) is 14.0. The van der Waals surface area contributed by atoms with Crippen LogP contribution in [-0.2, 0) is 17.8 Å². The Labute approximate surface area is 174 Å². The number of pyridine rings is 2. The number of hydrogen-bond donors (Lipinski definition) is 2. The summed E-state index contributed by atoms with van der Waals surface area (Å²) in [6.07, 6.45) is 14.0. The fourth-order valence-corrected chi connectivity index (χ4v) is 3.90. The number of fused-ring (bicyclic) bond motifs is 2. The average molecular weight is 395 g/mol. The number of aromatic nitrogens is 2. The number of carbonyl (C=O) groups is 1. The van der Waals surface area contributed by atoms with E-state index in [1.807, 2.05) is 73.1 Å². The Kier molecular flexibility index (Phi) is 4.73. The molecule has 148 valence electrons. The summed E-state index contributed by atoms with van der Waals surface area (Å²) >= 11 is 0. The minimum Gasteiger partial charge on any atom is -0.358 e. The third-order valence-corrected chi connectivity index (χ3v) is 5.34. The van der Waals surface area contributed by atoms with Crippen LogP contribution in [0.3, 0.4) is 0 Å². The summed E-state index contributed by atoms with van der Waals surface area (Å²) in [5.41, 5.74) is 3.41. The molecule has 0 aliphatic carbocycles. The van der Waals surface area contributed by atoms with Crippen molar-refractivity contribution in [3.05, 3.63) is 108 Å². The number of hydrogen-bond acceptors (Lipinski definition) is 5. The molecule has 0 fully saturated rings. The van der Waals surface area contributed by atoms with E-state index < -0.39 is 0 Å². The summed E-state index contributed by atoms with van der Waals surface area (Å²) < 4.78 is 0. The van der Waals surface area contributed by atoms with Gasteiger partial charge in [0.15, 0.2) is 0 Å². The Hall–Kier alpha value is -3.93. The van der Waals surface area contributed by atoms with Crippen molar-refractivity contribution in [3.8, 4) is 0 Å². The minimum atomic E-state index is -0.140. The van der Waals surface area contributed by atoms with Crippen LogP contribution in [0.15, 0.2) is 96.9 Å². The molecule has 1 unspecified atom stereocenters. The van der Waals surface area contributed by atoms with E-state index in [0.717, 1.165) is 34.1 Å². The molecule has 1 atom stereocenters. The fourth-order valence-electron chi connectivity index (χ4n) is 3.90. The Balaban J connectivity index is 1.34. The normalized spacial score (nSPS) is 17.2. The van der Waals surface area contributed by atoms with Crippen molar-refractivity contribution in [2.24, 2.45) is 0 Å². The van der Waals surface area contributed by atoms with Crippen LogP contribution in [-0.4, -0.2) is 26.9 Å². The highest BCUT2D eigenvalue weighted by molar-refractivity contribution is 5.95. The number of nitrogens with one attached hydrogen (secondary N) is 2. The van der Waals surface area contributed by atoms with E-state index in [1.165, 1.54) is 0 Å². The minimum absolute atomic E-state index is 0.0400. The maximum atomic E-state index is 13.1. The van der Waals surface area contributed by atoms with Gasteiger partial charge in [-0.05, 0) is 35.2 Å². The van der Waals surface area contributed by atoms with Crippen LogP contribution >= 0.6 is 0 Å². The van der Waals surface area contributed by atoms with Gasteiger partial charge in [-0.1, -0.05) is 36.4 Å². The lowest BCUT2D eigenvalue weighted by molar-refractivity contribution is -0.118. The van der Waals surface area contributed by atoms with Crippen LogP contribution in [0.5, 0.6) is 0 Å². The van der Waals surface area contributed by atoms with Crippen molar-refractivity contribution in [2.45, 2.75) is 19.1 Å². The first kappa shape index (κ1) is 18.1. The van der Waals surface area contributed by atoms with E-state index in [1.54, 1.807) is 12.4 Å². The molecule has 3 aromatic rings. The Bertz CT molecular complexity index is 1180. The molecule has 4 heterocycles. The summed E-state index contributed by atoms with van der Waals surface area (Å²) in [4.78, 5) is 23.8. The van der Waals surface area contributed by atoms with Crippen LogP contribution in [0.25, 0.3) is 10.8 Å². The number of benzene rings is 1. The first-order valence-corrected chi connectivity index (χ1v) is 9.93. The SMILES string of the molecule is O=C(NCc1nccc2ccccc12)C1=C2C=CC=CN2C(Cc2cccnc2)N1. The largest absolute Gasteiger partial charge is 0.358 e. The monoisotopic (exact) mass is 395 g/mol. The molecule has 1 aromatic carbocycles. The molecule has 2 aliphatic rings. The van der Waals surface area contributed by atoms with E-state index in [0.29, 0.717) is 12.2 Å². The molecule has 30 heavy (non-hydrogen) atoms. The maximum Gasteiger partial charge on any atom is 0.269 e. The number of rotatable bonds is 5. The summed E-state index contributed by atoms with van der Waals surface area (Å²) in [5, 5.41) is 8.59. The van der Waals surface area contributed by atoms with Gasteiger partial charge in [-0.3, -0.25) is 14.8 Å². The Morgan fingerprint density at radius 3 is 2.93 bits per heavy atom. The van der Waals surface area contributed by atoms with E-state index >= 15 is 0 Å². The second-order valence-electron chi connectivity index (χ2n) is 7.26. The fraction of sp³-hybridized carbons (Fsp3) is 0.125. The van der Waals surface area contributed by atoms with Gasteiger partial charge in [0.1, 0.15) is 11.9 Å². The molecular weight excluding hydrogens is 374 g/mol. The molecule has 2 aromatic heterocycles. The van der Waals surface area contributed by atoms with Crippen LogP contribution in [0.1, 0.15) is 11.3 Å². The quantitative estimate of drug-likeness (QED) is 0.695. The van der Waals surface area contributed by atoms with E-state index in [9.17, 15) is 4.79 Å². The van der Waals surface area contributed by atoms with Gasteiger partial charge in [0.25, 0.3) is 5.91 Å². The smallest absolute Gasteiger partial charge is 0.269 e. The highest BCUT2D eigenvalue weighted by atomic mass is 16.2. The van der Waals surface area contributed by atoms with Gasteiger partial charge in [0.05, 0.1) is 17.9 Å². The summed E-state index contributed by atoms with van der Waals surface area (Å²) in [7, 11) is 0. The van der Waals surface area contributed by atoms with Crippen molar-refractivity contribution in [1.82, 2.24) is 25.5 Å². The lowest BCUT2D eigenvalue weighted by Gasteiger charge is -2.25. The van der Waals surface area contributed by atoms with Gasteiger partial charge in [0, 0.05) is 36.6 Å². The number of amides is 1. The van der Waals surface area contributed by atoms with Gasteiger partial charge in [0.2, 0.25) is 0 Å². The van der Waals surface area contributed by atoms with Crippen molar-refractivity contribution in [3.63, 3.8) is 0 Å². The highest BCUT2D eigenvalue weighted by Gasteiger charge is 2.32. The van der Waals surface area contributed by atoms with Gasteiger partial charge in [-0.15, -0.1) is 0 Å². The molecule has 2 N–H and O–H groups in total. The third kappa shape index (κ3) is 3.43. The van der Waals surface area contributed by atoms with Crippen LogP contribution < -0.4 is 10.6 Å². The van der Waals surface area contributed by atoms with Gasteiger partial charge in [-0.2, -0.15) is 0 Å². The number of allylic oxidation sites excluding steroid dienone is 3. The van der Waals surface area contributed by atoms with Crippen LogP contribution in [0, 0.1) is 0 Å². The maximum absolute atomic E-state index is 13.1. The highest BCUT2D eigenvalue weighted by Crippen LogP contribution is 2.27. The first-order valence-electron chi connectivity index (χ1n) is 9.93. The predicted molar refractivity (Wildman–Crippen MR) is 116 cm³/mol. The van der Waals surface area contributed by atoms with Crippen molar-refractivity contribution in [1.29, 1.82) is 0 Å². The standard InChI is InChI=1S/C24H21N5O/c30-24(27-16-20-19-8-2-1-7-18(19)10-12-26-20)23-21-9-3-4-13-29(21)22(28-23)14-17-6-5-11-25-15-17/h1-13,15,22,28H,14,16H2,(H,27,30). The zero-order valence-corrected chi connectivity index (χ0v) is 16.3. The van der Waals surface area contributed by atoms with E-state index in [2.05, 4.69) is 25.5 Å². The van der Waals surface area contributed by atoms with Crippen molar-refractivity contribution < 1.29 is 4.79 Å². The van der Waals surface area contributed by atoms with Gasteiger partial charge < -0.3 is 15.5 Å². The Morgan fingerprint density at radius 2 is 2.03 bits per heavy atom. The topological polar surface area (TPSA) is 70.2 Å². The second-order valence-corrected chi connectivity index (χ2v) is 7.26. The molecule has 0 radical (unpaired) electrons. The zero-order chi connectivity index (χ0) is 20.3. The molecular formula is C24H21N5O. The lowest BCUT2D eigenvalue weighted by atomic mass is 10.1. The first-order chi connectivity index (χ1) is 14.8. The number of carbonyl (C=O) groups excluding carboxylic acids is 1. The summed E-state index contributed by atoms with van der Waals surface area (Å²) in [5.74, 6) is -0.140. The van der Waals surface area contributed by atoms with Crippen molar-refractivity contribution >= 4 is 16.7 Å². The molecule has 6 heteroatoms. The predicted octanol–water partition coefficient (Wildman–Crippen LogP) is 3.02. The van der Waals surface area contributed by atoms with Crippen molar-refractivity contribution in [2.75, 3.05) is 0 Å². The van der Waals surface area contributed by atoms with E-state index in [-0.39, 0.29) is 12.1 Å². The summed E-state index contributed by atoms with van der Waals surface area (Å²) in [6.45, 7) is 0.367.